The lowest BCUT2D eigenvalue weighted by Crippen LogP contribution is -2.18. The van der Waals surface area contributed by atoms with Crippen LogP contribution in [0.4, 0.5) is 18.9 Å². The number of hydrogen-bond donors (Lipinski definition) is 1. The summed E-state index contributed by atoms with van der Waals surface area (Å²) in [6.07, 6.45) is -4.65. The first kappa shape index (κ1) is 21.0. The minimum Gasteiger partial charge on any atom is -0.497 e. The van der Waals surface area contributed by atoms with Gasteiger partial charge in [0.05, 0.1) is 24.1 Å². The quantitative estimate of drug-likeness (QED) is 0.531. The predicted octanol–water partition coefficient (Wildman–Crippen LogP) is 5.15. The highest BCUT2D eigenvalue weighted by Gasteiger charge is 2.34. The van der Waals surface area contributed by atoms with Crippen molar-refractivity contribution < 1.29 is 27.1 Å². The molecule has 6 nitrogen and oxygen atoms in total. The van der Waals surface area contributed by atoms with Gasteiger partial charge in [0.15, 0.2) is 0 Å². The van der Waals surface area contributed by atoms with E-state index in [0.29, 0.717) is 11.3 Å². The van der Waals surface area contributed by atoms with Crippen molar-refractivity contribution in [2.24, 2.45) is 0 Å². The first-order valence-corrected chi connectivity index (χ1v) is 9.40. The van der Waals surface area contributed by atoms with Gasteiger partial charge in [-0.1, -0.05) is 23.4 Å². The maximum Gasteiger partial charge on any atom is 0.418 e. The van der Waals surface area contributed by atoms with Crippen LogP contribution in [0.5, 0.6) is 5.75 Å². The molecule has 29 heavy (non-hydrogen) atoms. The molecule has 11 heteroatoms. The van der Waals surface area contributed by atoms with Gasteiger partial charge >= 0.3 is 6.18 Å². The molecule has 0 aliphatic heterocycles. The highest BCUT2D eigenvalue weighted by Crippen LogP contribution is 2.36. The summed E-state index contributed by atoms with van der Waals surface area (Å²) >= 11 is 6.52. The average molecular weight is 444 g/mol. The fraction of sp³-hybridized carbons (Fsp3) is 0.167. The van der Waals surface area contributed by atoms with E-state index in [0.717, 1.165) is 23.9 Å². The van der Waals surface area contributed by atoms with E-state index >= 15 is 0 Å². The number of halogens is 4. The number of carbonyl (C=O) groups excluding carboxylic acids is 1. The van der Waals surface area contributed by atoms with Crippen LogP contribution in [-0.2, 0) is 11.0 Å². The molecule has 1 N–H and O–H groups in total. The second-order valence-corrected chi connectivity index (χ2v) is 6.99. The number of benzene rings is 2. The van der Waals surface area contributed by atoms with E-state index in [1.165, 1.54) is 6.07 Å². The molecule has 0 fully saturated rings. The van der Waals surface area contributed by atoms with Gasteiger partial charge in [-0.05, 0) is 42.5 Å². The van der Waals surface area contributed by atoms with Crippen molar-refractivity contribution in [3.05, 3.63) is 53.1 Å². The monoisotopic (exact) mass is 443 g/mol. The molecular weight excluding hydrogens is 431 g/mol. The van der Waals surface area contributed by atoms with Crippen LogP contribution in [0.15, 0.2) is 52.1 Å². The standard InChI is InChI=1S/C18H13ClF3N3O3S/c1-27-12-5-2-10(3-6-12)16-24-25-17(28-16)29-9-15(26)23-14-7-4-11(19)8-13(14)18(20,21)22/h2-8H,9H2,1H3,(H,23,26). The van der Waals surface area contributed by atoms with Crippen molar-refractivity contribution in [1.29, 1.82) is 0 Å². The van der Waals surface area contributed by atoms with E-state index < -0.39 is 17.6 Å². The number of alkyl halides is 3. The van der Waals surface area contributed by atoms with Crippen LogP contribution in [0.3, 0.4) is 0 Å². The van der Waals surface area contributed by atoms with Crippen LogP contribution < -0.4 is 10.1 Å². The molecule has 0 saturated carbocycles. The third-order valence-electron chi connectivity index (χ3n) is 3.63. The SMILES string of the molecule is COc1ccc(-c2nnc(SCC(=O)Nc3ccc(Cl)cc3C(F)(F)F)o2)cc1. The maximum atomic E-state index is 13.1. The maximum absolute atomic E-state index is 13.1. The van der Waals surface area contributed by atoms with E-state index in [1.54, 1.807) is 31.4 Å². The van der Waals surface area contributed by atoms with Crippen LogP contribution >= 0.6 is 23.4 Å². The zero-order chi connectivity index (χ0) is 21.0. The zero-order valence-electron chi connectivity index (χ0n) is 14.8. The number of anilines is 1. The number of nitrogens with zero attached hydrogens (tertiary/aromatic N) is 2. The Kier molecular flexibility index (Phi) is 6.33. The van der Waals surface area contributed by atoms with Gasteiger partial charge in [-0.2, -0.15) is 13.2 Å². The molecule has 0 saturated heterocycles. The Balaban J connectivity index is 1.63. The number of nitrogens with one attached hydrogen (secondary N) is 1. The number of methoxy groups -OCH3 is 1. The van der Waals surface area contributed by atoms with Gasteiger partial charge in [-0.15, -0.1) is 10.2 Å². The lowest BCUT2D eigenvalue weighted by Gasteiger charge is -2.13. The summed E-state index contributed by atoms with van der Waals surface area (Å²) < 4.78 is 49.8. The summed E-state index contributed by atoms with van der Waals surface area (Å²) in [5.74, 6) is 0.0315. The van der Waals surface area contributed by atoms with Crippen LogP contribution in [0.2, 0.25) is 5.02 Å². The molecular formula is C18H13ClF3N3O3S. The Bertz CT molecular complexity index is 1010. The van der Waals surface area contributed by atoms with E-state index in [-0.39, 0.29) is 27.6 Å². The van der Waals surface area contributed by atoms with Gasteiger partial charge in [0.1, 0.15) is 5.75 Å². The highest BCUT2D eigenvalue weighted by atomic mass is 35.5. The number of hydrogen-bond acceptors (Lipinski definition) is 6. The van der Waals surface area contributed by atoms with Gasteiger partial charge in [0.2, 0.25) is 11.8 Å². The molecule has 1 amide bonds. The lowest BCUT2D eigenvalue weighted by molar-refractivity contribution is -0.137. The van der Waals surface area contributed by atoms with Crippen molar-refractivity contribution in [3.8, 4) is 17.2 Å². The van der Waals surface area contributed by atoms with Gasteiger partial charge < -0.3 is 14.5 Å². The van der Waals surface area contributed by atoms with Crippen molar-refractivity contribution in [1.82, 2.24) is 10.2 Å². The highest BCUT2D eigenvalue weighted by molar-refractivity contribution is 7.99. The van der Waals surface area contributed by atoms with Crippen LogP contribution in [0.25, 0.3) is 11.5 Å². The topological polar surface area (TPSA) is 77.2 Å². The fourth-order valence-electron chi connectivity index (χ4n) is 2.29. The number of amides is 1. The number of carbonyl (C=O) groups is 1. The third kappa shape index (κ3) is 5.42. The summed E-state index contributed by atoms with van der Waals surface area (Å²) in [6, 6.07) is 10.0. The van der Waals surface area contributed by atoms with E-state index in [9.17, 15) is 18.0 Å². The Morgan fingerprint density at radius 3 is 2.59 bits per heavy atom. The Morgan fingerprint density at radius 2 is 1.93 bits per heavy atom. The van der Waals surface area contributed by atoms with Crippen molar-refractivity contribution in [3.63, 3.8) is 0 Å². The van der Waals surface area contributed by atoms with Gasteiger partial charge in [0.25, 0.3) is 5.22 Å². The Labute approximate surface area is 172 Å². The van der Waals surface area contributed by atoms with E-state index in [2.05, 4.69) is 15.5 Å². The van der Waals surface area contributed by atoms with Crippen LogP contribution in [0.1, 0.15) is 5.56 Å². The number of ether oxygens (including phenoxy) is 1. The zero-order valence-corrected chi connectivity index (χ0v) is 16.4. The summed E-state index contributed by atoms with van der Waals surface area (Å²) in [7, 11) is 1.54. The second-order valence-electron chi connectivity index (χ2n) is 5.63. The first-order chi connectivity index (χ1) is 13.8. The summed E-state index contributed by atoms with van der Waals surface area (Å²) in [5.41, 5.74) is -0.745. The number of rotatable bonds is 6. The molecule has 0 atom stereocenters. The molecule has 0 radical (unpaired) electrons. The number of thioether (sulfide) groups is 1. The Morgan fingerprint density at radius 1 is 1.21 bits per heavy atom. The predicted molar refractivity (Wildman–Crippen MR) is 102 cm³/mol. The number of aromatic nitrogens is 2. The molecule has 152 valence electrons. The molecule has 0 spiro atoms. The summed E-state index contributed by atoms with van der Waals surface area (Å²) in [4.78, 5) is 12.1. The van der Waals surface area contributed by atoms with Crippen LogP contribution in [0, 0.1) is 0 Å². The molecule has 0 bridgehead atoms. The molecule has 0 aliphatic rings. The summed E-state index contributed by atoms with van der Waals surface area (Å²) in [6.45, 7) is 0. The molecule has 0 aliphatic carbocycles. The van der Waals surface area contributed by atoms with Gasteiger partial charge in [-0.3, -0.25) is 4.79 Å². The molecule has 3 aromatic rings. The van der Waals surface area contributed by atoms with Crippen molar-refractivity contribution in [2.45, 2.75) is 11.4 Å². The third-order valence-corrected chi connectivity index (χ3v) is 4.68. The molecule has 1 heterocycles. The molecule has 1 aromatic heterocycles. The Hall–Kier alpha value is -2.72. The van der Waals surface area contributed by atoms with Crippen molar-refractivity contribution in [2.75, 3.05) is 18.2 Å². The van der Waals surface area contributed by atoms with E-state index in [4.69, 9.17) is 20.8 Å². The average Bonchev–Trinajstić information content (AvgIpc) is 3.16. The molecule has 0 unspecified atom stereocenters. The van der Waals surface area contributed by atoms with E-state index in [1.807, 2.05) is 0 Å². The molecule has 2 aromatic carbocycles. The minimum absolute atomic E-state index is 0.0818. The second kappa shape index (κ2) is 8.75. The minimum atomic E-state index is -4.65. The fourth-order valence-corrected chi connectivity index (χ4v) is 3.03. The smallest absolute Gasteiger partial charge is 0.418 e. The van der Waals surface area contributed by atoms with Gasteiger partial charge in [-0.25, -0.2) is 0 Å². The normalized spacial score (nSPS) is 11.3. The first-order valence-electron chi connectivity index (χ1n) is 8.03. The van der Waals surface area contributed by atoms with Gasteiger partial charge in [0, 0.05) is 10.6 Å². The largest absolute Gasteiger partial charge is 0.497 e. The van der Waals surface area contributed by atoms with Crippen molar-refractivity contribution >= 4 is 35.0 Å². The molecule has 3 rings (SSSR count). The summed E-state index contributed by atoms with van der Waals surface area (Å²) in [5, 5.41) is 9.96. The van der Waals surface area contributed by atoms with Crippen LogP contribution in [-0.4, -0.2) is 29.0 Å². The lowest BCUT2D eigenvalue weighted by atomic mass is 10.1.